The molecule has 0 spiro atoms. The third-order valence-electron chi connectivity index (χ3n) is 5.68. The zero-order chi connectivity index (χ0) is 24.4. The van der Waals surface area contributed by atoms with Crippen LogP contribution in [0.15, 0.2) is 48.7 Å². The number of aromatic nitrogens is 3. The Morgan fingerprint density at radius 2 is 1.76 bits per heavy atom. The number of aliphatic hydroxyl groups is 1. The highest BCUT2D eigenvalue weighted by Crippen LogP contribution is 2.32. The molecule has 4 rings (SSSR count). The number of pyridine rings is 1. The van der Waals surface area contributed by atoms with Crippen LogP contribution in [0, 0.1) is 18.6 Å². The number of halogens is 4. The van der Waals surface area contributed by atoms with Gasteiger partial charge in [0.2, 0.25) is 0 Å². The number of benzene rings is 2. The summed E-state index contributed by atoms with van der Waals surface area (Å²) in [5.74, 6) is -1.05. The molecule has 0 fully saturated rings. The lowest BCUT2D eigenvalue weighted by atomic mass is 10.0. The van der Waals surface area contributed by atoms with E-state index >= 15 is 0 Å². The maximum atomic E-state index is 14.7. The van der Waals surface area contributed by atoms with Crippen molar-refractivity contribution < 1.29 is 22.7 Å². The molecule has 0 bridgehead atoms. The lowest BCUT2D eigenvalue weighted by Crippen LogP contribution is -2.12. The second-order valence-electron chi connectivity index (χ2n) is 7.95. The zero-order valence-corrected chi connectivity index (χ0v) is 18.5. The van der Waals surface area contributed by atoms with Gasteiger partial charge in [0, 0.05) is 34.7 Å². The predicted molar refractivity (Wildman–Crippen MR) is 122 cm³/mol. The molecule has 0 amide bonds. The highest BCUT2D eigenvalue weighted by Gasteiger charge is 2.20. The highest BCUT2D eigenvalue weighted by atomic mass is 19.3. The quantitative estimate of drug-likeness (QED) is 0.328. The number of hydrogen-bond acceptors (Lipinski definition) is 5. The van der Waals surface area contributed by atoms with Crippen molar-refractivity contribution >= 4 is 16.6 Å². The lowest BCUT2D eigenvalue weighted by molar-refractivity contribution is 0.146. The van der Waals surface area contributed by atoms with E-state index in [4.69, 9.17) is 0 Å². The van der Waals surface area contributed by atoms with E-state index in [1.54, 1.807) is 38.2 Å². The van der Waals surface area contributed by atoms with Crippen molar-refractivity contribution in [3.8, 4) is 11.3 Å². The molecule has 2 heterocycles. The van der Waals surface area contributed by atoms with Gasteiger partial charge in [-0.25, -0.2) is 17.6 Å². The Balaban J connectivity index is 1.75. The van der Waals surface area contributed by atoms with E-state index in [1.165, 1.54) is 18.2 Å². The molecule has 2 aromatic carbocycles. The summed E-state index contributed by atoms with van der Waals surface area (Å²) in [5, 5.41) is 21.9. The van der Waals surface area contributed by atoms with E-state index in [-0.39, 0.29) is 18.6 Å². The van der Waals surface area contributed by atoms with Crippen LogP contribution in [-0.2, 0) is 6.42 Å². The molecular weight excluding hydrogens is 448 g/mol. The minimum atomic E-state index is -2.92. The van der Waals surface area contributed by atoms with E-state index in [1.807, 2.05) is 0 Å². The molecule has 34 heavy (non-hydrogen) atoms. The zero-order valence-electron chi connectivity index (χ0n) is 18.5. The fourth-order valence-corrected chi connectivity index (χ4v) is 3.84. The molecule has 0 aliphatic carbocycles. The van der Waals surface area contributed by atoms with Gasteiger partial charge in [-0.3, -0.25) is 4.98 Å². The van der Waals surface area contributed by atoms with Crippen molar-refractivity contribution in [2.45, 2.75) is 32.7 Å². The standard InChI is InChI=1S/C25H22F4N4O/c1-13(17-4-3-5-18(23(17)27)24(28)29)31-25-19-11-22(30-12-20(19)14(2)32-33-25)16-6-7-21(26)15(10-16)8-9-34/h3-7,10-13,24,34H,8-9H2,1-2H3,(H,31,33). The number of nitrogens with zero attached hydrogens (tertiary/aromatic N) is 3. The summed E-state index contributed by atoms with van der Waals surface area (Å²) in [6, 6.07) is 9.50. The number of hydrogen-bond donors (Lipinski definition) is 2. The molecule has 0 saturated carbocycles. The van der Waals surface area contributed by atoms with E-state index < -0.39 is 29.7 Å². The smallest absolute Gasteiger partial charge is 0.266 e. The number of rotatable bonds is 7. The molecule has 0 radical (unpaired) electrons. The first kappa shape index (κ1) is 23.6. The molecule has 0 aliphatic rings. The maximum absolute atomic E-state index is 14.7. The van der Waals surface area contributed by atoms with E-state index in [9.17, 15) is 22.7 Å². The Labute approximate surface area is 193 Å². The molecule has 2 N–H and O–H groups in total. The van der Waals surface area contributed by atoms with E-state index in [2.05, 4.69) is 20.5 Å². The summed E-state index contributed by atoms with van der Waals surface area (Å²) in [7, 11) is 0. The molecule has 4 aromatic rings. The summed E-state index contributed by atoms with van der Waals surface area (Å²) in [4.78, 5) is 4.47. The summed E-state index contributed by atoms with van der Waals surface area (Å²) >= 11 is 0. The SMILES string of the molecule is Cc1nnc(NC(C)c2cccc(C(F)F)c2F)c2cc(-c3ccc(F)c(CCO)c3)ncc12. The number of fused-ring (bicyclic) bond motifs is 1. The third-order valence-corrected chi connectivity index (χ3v) is 5.68. The molecule has 176 valence electrons. The van der Waals surface area contributed by atoms with Gasteiger partial charge in [0.1, 0.15) is 11.6 Å². The predicted octanol–water partition coefficient (Wildman–Crippen LogP) is 5.92. The normalized spacial score (nSPS) is 12.4. The average Bonchev–Trinajstić information content (AvgIpc) is 2.82. The highest BCUT2D eigenvalue weighted by molar-refractivity contribution is 5.94. The maximum Gasteiger partial charge on any atom is 0.266 e. The van der Waals surface area contributed by atoms with Gasteiger partial charge >= 0.3 is 0 Å². The van der Waals surface area contributed by atoms with Gasteiger partial charge in [-0.05, 0) is 50.1 Å². The van der Waals surface area contributed by atoms with Gasteiger partial charge in [-0.1, -0.05) is 18.2 Å². The van der Waals surface area contributed by atoms with Crippen LogP contribution in [0.2, 0.25) is 0 Å². The van der Waals surface area contributed by atoms with Crippen LogP contribution in [0.1, 0.15) is 41.8 Å². The minimum absolute atomic E-state index is 0.0785. The summed E-state index contributed by atoms with van der Waals surface area (Å²) in [5.41, 5.74) is 1.60. The van der Waals surface area contributed by atoms with Crippen molar-refractivity contribution in [1.29, 1.82) is 0 Å². The van der Waals surface area contributed by atoms with Gasteiger partial charge < -0.3 is 10.4 Å². The largest absolute Gasteiger partial charge is 0.396 e. The van der Waals surface area contributed by atoms with Crippen molar-refractivity contribution in [2.24, 2.45) is 0 Å². The number of aliphatic hydroxyl groups excluding tert-OH is 1. The number of aryl methyl sites for hydroxylation is 1. The molecule has 5 nitrogen and oxygen atoms in total. The molecule has 2 aromatic heterocycles. The molecule has 1 unspecified atom stereocenters. The topological polar surface area (TPSA) is 70.9 Å². The summed E-state index contributed by atoms with van der Waals surface area (Å²) < 4.78 is 54.9. The van der Waals surface area contributed by atoms with E-state index in [0.29, 0.717) is 39.1 Å². The Morgan fingerprint density at radius 1 is 1.00 bits per heavy atom. The Bertz CT molecular complexity index is 1350. The first-order valence-electron chi connectivity index (χ1n) is 10.7. The molecule has 9 heteroatoms. The second-order valence-corrected chi connectivity index (χ2v) is 7.95. The Kier molecular flexibility index (Phi) is 6.74. The van der Waals surface area contributed by atoms with Crippen molar-refractivity contribution in [1.82, 2.24) is 15.2 Å². The molecule has 0 aliphatic heterocycles. The van der Waals surface area contributed by atoms with Gasteiger partial charge in [0.25, 0.3) is 6.43 Å². The van der Waals surface area contributed by atoms with Crippen LogP contribution in [0.25, 0.3) is 22.0 Å². The lowest BCUT2D eigenvalue weighted by Gasteiger charge is -2.18. The van der Waals surface area contributed by atoms with Crippen LogP contribution in [-0.4, -0.2) is 26.9 Å². The van der Waals surface area contributed by atoms with Gasteiger partial charge in [0.05, 0.1) is 23.0 Å². The second kappa shape index (κ2) is 9.72. The van der Waals surface area contributed by atoms with E-state index in [0.717, 1.165) is 6.07 Å². The van der Waals surface area contributed by atoms with Crippen molar-refractivity contribution in [3.63, 3.8) is 0 Å². The molecular formula is C25H22F4N4O. The average molecular weight is 470 g/mol. The number of anilines is 1. The molecule has 0 saturated heterocycles. The first-order valence-corrected chi connectivity index (χ1v) is 10.7. The third kappa shape index (κ3) is 4.56. The first-order chi connectivity index (χ1) is 16.3. The van der Waals surface area contributed by atoms with Crippen molar-refractivity contribution in [3.05, 3.63) is 82.7 Å². The Morgan fingerprint density at radius 3 is 2.50 bits per heavy atom. The van der Waals surface area contributed by atoms with Crippen LogP contribution < -0.4 is 5.32 Å². The summed E-state index contributed by atoms with van der Waals surface area (Å²) in [6.07, 6.45) is -1.13. The minimum Gasteiger partial charge on any atom is -0.396 e. The van der Waals surface area contributed by atoms with Crippen molar-refractivity contribution in [2.75, 3.05) is 11.9 Å². The van der Waals surface area contributed by atoms with Crippen LogP contribution in [0.5, 0.6) is 0 Å². The number of nitrogens with one attached hydrogen (secondary N) is 1. The van der Waals surface area contributed by atoms with Gasteiger partial charge in [0.15, 0.2) is 5.82 Å². The van der Waals surface area contributed by atoms with Crippen LogP contribution in [0.3, 0.4) is 0 Å². The fourth-order valence-electron chi connectivity index (χ4n) is 3.84. The van der Waals surface area contributed by atoms with Crippen LogP contribution in [0.4, 0.5) is 23.4 Å². The monoisotopic (exact) mass is 470 g/mol. The van der Waals surface area contributed by atoms with Gasteiger partial charge in [-0.2, -0.15) is 5.10 Å². The van der Waals surface area contributed by atoms with Crippen LogP contribution >= 0.6 is 0 Å². The number of alkyl halides is 2. The van der Waals surface area contributed by atoms with Gasteiger partial charge in [-0.15, -0.1) is 5.10 Å². The fraction of sp³-hybridized carbons (Fsp3) is 0.240. The molecule has 1 atom stereocenters. The summed E-state index contributed by atoms with van der Waals surface area (Å²) in [6.45, 7) is 3.23. The Hall–Kier alpha value is -3.59.